The Morgan fingerprint density at radius 2 is 1.83 bits per heavy atom. The second-order valence-corrected chi connectivity index (χ2v) is 9.33. The summed E-state index contributed by atoms with van der Waals surface area (Å²) in [4.78, 5) is 20.2. The van der Waals surface area contributed by atoms with Gasteiger partial charge in [0.15, 0.2) is 16.6 Å². The molecule has 2 aliphatic rings. The van der Waals surface area contributed by atoms with Crippen molar-refractivity contribution in [3.8, 4) is 11.5 Å². The molecular formula is C26H29FN4O4S. The lowest BCUT2D eigenvalue weighted by Crippen LogP contribution is -2.42. The van der Waals surface area contributed by atoms with E-state index in [0.717, 1.165) is 50.2 Å². The lowest BCUT2D eigenvalue weighted by atomic mass is 10.1. The maximum Gasteiger partial charge on any atom is 0.253 e. The molecule has 0 atom stereocenters. The molecule has 3 aromatic rings. The predicted molar refractivity (Wildman–Crippen MR) is 139 cm³/mol. The van der Waals surface area contributed by atoms with Crippen LogP contribution in [0.1, 0.15) is 17.5 Å². The van der Waals surface area contributed by atoms with Gasteiger partial charge in [-0.2, -0.15) is 0 Å². The first kappa shape index (κ1) is 24.5. The minimum atomic E-state index is -0.293. The average Bonchev–Trinajstić information content (AvgIpc) is 3.34. The van der Waals surface area contributed by atoms with Crippen molar-refractivity contribution in [1.82, 2.24) is 20.1 Å². The lowest BCUT2D eigenvalue weighted by molar-refractivity contribution is 0.0376. The third-order valence-corrected chi connectivity index (χ3v) is 6.78. The Balaban J connectivity index is 1.30. The SMILES string of the molecule is O=c1[nH]c2cc3c(cc2cc1CN(Cc1ccc(F)cc1)C(=S)NCCCN1CCOCC1)OCO3. The zero-order valence-corrected chi connectivity index (χ0v) is 20.7. The Bertz CT molecular complexity index is 1280. The molecule has 0 bridgehead atoms. The number of nitrogens with one attached hydrogen (secondary N) is 2. The molecule has 190 valence electrons. The maximum absolute atomic E-state index is 13.5. The fourth-order valence-electron chi connectivity index (χ4n) is 4.41. The van der Waals surface area contributed by atoms with Crippen LogP contribution in [0.15, 0.2) is 47.3 Å². The average molecular weight is 513 g/mol. The first-order chi connectivity index (χ1) is 17.5. The molecule has 0 aliphatic carbocycles. The first-order valence-electron chi connectivity index (χ1n) is 12.1. The number of hydrogen-bond acceptors (Lipinski definition) is 6. The van der Waals surface area contributed by atoms with Crippen molar-refractivity contribution in [2.75, 3.05) is 46.2 Å². The summed E-state index contributed by atoms with van der Waals surface area (Å²) in [5.74, 6) is 0.978. The van der Waals surface area contributed by atoms with Crippen LogP contribution in [-0.2, 0) is 17.8 Å². The van der Waals surface area contributed by atoms with Gasteiger partial charge in [0.25, 0.3) is 5.56 Å². The molecule has 2 N–H and O–H groups in total. The van der Waals surface area contributed by atoms with Crippen LogP contribution in [0.4, 0.5) is 4.39 Å². The largest absolute Gasteiger partial charge is 0.454 e. The molecule has 0 amide bonds. The number of ether oxygens (including phenoxy) is 3. The summed E-state index contributed by atoms with van der Waals surface area (Å²) in [6.45, 7) is 6.04. The van der Waals surface area contributed by atoms with Crippen molar-refractivity contribution in [3.05, 3.63) is 69.8 Å². The number of pyridine rings is 1. The van der Waals surface area contributed by atoms with Gasteiger partial charge in [-0.15, -0.1) is 0 Å². The Morgan fingerprint density at radius 1 is 1.08 bits per heavy atom. The fraction of sp³-hybridized carbons (Fsp3) is 0.385. The van der Waals surface area contributed by atoms with Gasteiger partial charge < -0.3 is 29.4 Å². The van der Waals surface area contributed by atoms with Crippen molar-refractivity contribution < 1.29 is 18.6 Å². The van der Waals surface area contributed by atoms with Gasteiger partial charge in [0.2, 0.25) is 6.79 Å². The van der Waals surface area contributed by atoms with E-state index in [9.17, 15) is 9.18 Å². The van der Waals surface area contributed by atoms with E-state index in [4.69, 9.17) is 26.4 Å². The highest BCUT2D eigenvalue weighted by Gasteiger charge is 2.18. The molecule has 2 aliphatic heterocycles. The summed E-state index contributed by atoms with van der Waals surface area (Å²) in [6.07, 6.45) is 0.939. The van der Waals surface area contributed by atoms with Gasteiger partial charge >= 0.3 is 0 Å². The molecule has 1 saturated heterocycles. The highest BCUT2D eigenvalue weighted by molar-refractivity contribution is 7.80. The monoisotopic (exact) mass is 512 g/mol. The summed E-state index contributed by atoms with van der Waals surface area (Å²) in [5.41, 5.74) is 1.96. The first-order valence-corrected chi connectivity index (χ1v) is 12.5. The molecule has 0 spiro atoms. The smallest absolute Gasteiger partial charge is 0.253 e. The van der Waals surface area contributed by atoms with E-state index in [1.54, 1.807) is 18.2 Å². The number of rotatable bonds is 8. The van der Waals surface area contributed by atoms with E-state index in [1.165, 1.54) is 12.1 Å². The summed E-state index contributed by atoms with van der Waals surface area (Å²) < 4.78 is 29.8. The number of benzene rings is 2. The quantitative estimate of drug-likeness (QED) is 0.352. The van der Waals surface area contributed by atoms with Crippen LogP contribution in [0, 0.1) is 5.82 Å². The lowest BCUT2D eigenvalue weighted by Gasteiger charge is -2.28. The van der Waals surface area contributed by atoms with E-state index in [0.29, 0.717) is 47.3 Å². The van der Waals surface area contributed by atoms with E-state index >= 15 is 0 Å². The molecule has 0 unspecified atom stereocenters. The van der Waals surface area contributed by atoms with E-state index < -0.39 is 0 Å². The number of thiocarbonyl (C=S) groups is 1. The molecular weight excluding hydrogens is 483 g/mol. The van der Waals surface area contributed by atoms with Gasteiger partial charge in [-0.3, -0.25) is 9.69 Å². The summed E-state index contributed by atoms with van der Waals surface area (Å²) in [5, 5.41) is 4.74. The number of fused-ring (bicyclic) bond motifs is 2. The molecule has 1 fully saturated rings. The van der Waals surface area contributed by atoms with E-state index in [-0.39, 0.29) is 18.2 Å². The van der Waals surface area contributed by atoms with Crippen LogP contribution < -0.4 is 20.3 Å². The van der Waals surface area contributed by atoms with Crippen molar-refractivity contribution in [3.63, 3.8) is 0 Å². The molecule has 36 heavy (non-hydrogen) atoms. The number of aromatic amines is 1. The van der Waals surface area contributed by atoms with Crippen molar-refractivity contribution >= 4 is 28.2 Å². The molecule has 1 aromatic heterocycles. The van der Waals surface area contributed by atoms with Gasteiger partial charge in [-0.05, 0) is 55.0 Å². The van der Waals surface area contributed by atoms with Crippen LogP contribution in [0.3, 0.4) is 0 Å². The normalized spacial score (nSPS) is 15.2. The van der Waals surface area contributed by atoms with Crippen LogP contribution >= 0.6 is 12.2 Å². The van der Waals surface area contributed by atoms with E-state index in [1.807, 2.05) is 17.0 Å². The Morgan fingerprint density at radius 3 is 2.61 bits per heavy atom. The van der Waals surface area contributed by atoms with Gasteiger partial charge in [-0.25, -0.2) is 4.39 Å². The minimum absolute atomic E-state index is 0.166. The molecule has 10 heteroatoms. The van der Waals surface area contributed by atoms with Crippen LogP contribution in [0.2, 0.25) is 0 Å². The van der Waals surface area contributed by atoms with Gasteiger partial charge in [-0.1, -0.05) is 12.1 Å². The van der Waals surface area contributed by atoms with Crippen LogP contribution in [0.5, 0.6) is 11.5 Å². The Hall–Kier alpha value is -3.21. The highest BCUT2D eigenvalue weighted by Crippen LogP contribution is 2.35. The predicted octanol–water partition coefficient (Wildman–Crippen LogP) is 2.99. The van der Waals surface area contributed by atoms with Crippen molar-refractivity contribution in [2.45, 2.75) is 19.5 Å². The minimum Gasteiger partial charge on any atom is -0.454 e. The Labute approximate surface area is 213 Å². The number of hydrogen-bond donors (Lipinski definition) is 2. The van der Waals surface area contributed by atoms with Crippen molar-refractivity contribution in [1.29, 1.82) is 0 Å². The van der Waals surface area contributed by atoms with E-state index in [2.05, 4.69) is 15.2 Å². The standard InChI is InChI=1S/C26H29FN4O4S/c27-21-4-2-18(3-5-21)15-31(26(36)28-6-1-7-30-8-10-33-11-9-30)16-20-12-19-13-23-24(35-17-34-23)14-22(19)29-25(20)32/h2-5,12-14H,1,6-11,15-17H2,(H,28,36)(H,29,32). The molecule has 3 heterocycles. The topological polar surface area (TPSA) is 79.1 Å². The maximum atomic E-state index is 13.5. The van der Waals surface area contributed by atoms with Gasteiger partial charge in [0.05, 0.1) is 25.3 Å². The summed E-state index contributed by atoms with van der Waals surface area (Å²) >= 11 is 5.73. The number of nitrogens with zero attached hydrogens (tertiary/aromatic N) is 2. The van der Waals surface area contributed by atoms with Gasteiger partial charge in [0.1, 0.15) is 5.82 Å². The molecule has 2 aromatic carbocycles. The zero-order valence-electron chi connectivity index (χ0n) is 19.9. The summed E-state index contributed by atoms with van der Waals surface area (Å²) in [7, 11) is 0. The second-order valence-electron chi connectivity index (χ2n) is 8.94. The number of halogens is 1. The third-order valence-electron chi connectivity index (χ3n) is 6.38. The molecule has 0 saturated carbocycles. The second kappa shape index (κ2) is 11.2. The van der Waals surface area contributed by atoms with Gasteiger partial charge in [0, 0.05) is 43.2 Å². The Kier molecular flexibility index (Phi) is 7.64. The summed E-state index contributed by atoms with van der Waals surface area (Å²) in [6, 6.07) is 11.8. The number of aromatic nitrogens is 1. The third kappa shape index (κ3) is 5.95. The number of H-pyrrole nitrogens is 1. The number of morpholine rings is 1. The van der Waals surface area contributed by atoms with Crippen LogP contribution in [0.25, 0.3) is 10.9 Å². The zero-order chi connectivity index (χ0) is 24.9. The highest BCUT2D eigenvalue weighted by atomic mass is 32.1. The fourth-order valence-corrected chi connectivity index (χ4v) is 4.64. The molecule has 8 nitrogen and oxygen atoms in total. The van der Waals surface area contributed by atoms with Crippen molar-refractivity contribution in [2.24, 2.45) is 0 Å². The molecule has 5 rings (SSSR count). The molecule has 0 radical (unpaired) electrons. The van der Waals surface area contributed by atoms with Crippen LogP contribution in [-0.4, -0.2) is 66.1 Å².